The molecule has 0 aliphatic heterocycles. The molecule has 0 aromatic heterocycles. The van der Waals surface area contributed by atoms with Crippen LogP contribution >= 0.6 is 0 Å². The monoisotopic (exact) mass is 405 g/mol. The second kappa shape index (κ2) is 9.44. The van der Waals surface area contributed by atoms with Crippen molar-refractivity contribution >= 4 is 28.3 Å². The zero-order valence-electron chi connectivity index (χ0n) is 17.8. The van der Waals surface area contributed by atoms with Gasteiger partial charge in [-0.15, -0.1) is 0 Å². The van der Waals surface area contributed by atoms with E-state index in [9.17, 15) is 9.59 Å². The number of hydrogen-bond acceptors (Lipinski definition) is 4. The number of carbonyl (C=O) groups is 2. The standard InChI is InChI=1S/C25H27NO4/c1-16(2)22-11-7-8-17(3)24(22)26-25(28)18(4)30-23(27)15-29-21-13-12-19-9-5-6-10-20(19)14-21/h5-14,16,18H,15H2,1-4H3,(H,26,28)/t18-/m1/s1. The van der Waals surface area contributed by atoms with Crippen LogP contribution in [0.4, 0.5) is 5.69 Å². The lowest BCUT2D eigenvalue weighted by atomic mass is 9.98. The van der Waals surface area contributed by atoms with E-state index >= 15 is 0 Å². The molecule has 0 unspecified atom stereocenters. The zero-order chi connectivity index (χ0) is 21.7. The van der Waals surface area contributed by atoms with Gasteiger partial charge in [0.15, 0.2) is 12.7 Å². The number of nitrogens with one attached hydrogen (secondary N) is 1. The average Bonchev–Trinajstić information content (AvgIpc) is 2.73. The van der Waals surface area contributed by atoms with Crippen LogP contribution in [0.1, 0.15) is 37.8 Å². The van der Waals surface area contributed by atoms with Crippen molar-refractivity contribution in [1.82, 2.24) is 0 Å². The van der Waals surface area contributed by atoms with E-state index in [4.69, 9.17) is 9.47 Å². The van der Waals surface area contributed by atoms with Crippen LogP contribution in [0.25, 0.3) is 10.8 Å². The molecular formula is C25H27NO4. The number of amides is 1. The fourth-order valence-corrected chi connectivity index (χ4v) is 3.25. The third kappa shape index (κ3) is 5.17. The first-order valence-corrected chi connectivity index (χ1v) is 10.1. The molecule has 3 aromatic rings. The molecule has 0 aliphatic carbocycles. The molecule has 1 N–H and O–H groups in total. The normalized spacial score (nSPS) is 11.9. The van der Waals surface area contributed by atoms with Crippen molar-refractivity contribution in [2.24, 2.45) is 0 Å². The van der Waals surface area contributed by atoms with Gasteiger partial charge in [0.1, 0.15) is 5.75 Å². The minimum Gasteiger partial charge on any atom is -0.482 e. The molecule has 0 saturated carbocycles. The van der Waals surface area contributed by atoms with Gasteiger partial charge in [0.25, 0.3) is 5.91 Å². The number of fused-ring (bicyclic) bond motifs is 1. The van der Waals surface area contributed by atoms with Gasteiger partial charge in [-0.2, -0.15) is 0 Å². The molecule has 1 amide bonds. The Morgan fingerprint density at radius 3 is 2.40 bits per heavy atom. The molecule has 0 radical (unpaired) electrons. The Labute approximate surface area is 177 Å². The summed E-state index contributed by atoms with van der Waals surface area (Å²) in [5.74, 6) is -0.136. The highest BCUT2D eigenvalue weighted by atomic mass is 16.6. The molecule has 0 heterocycles. The van der Waals surface area contributed by atoms with Crippen LogP contribution in [-0.4, -0.2) is 24.6 Å². The molecule has 156 valence electrons. The average molecular weight is 405 g/mol. The van der Waals surface area contributed by atoms with Crippen molar-refractivity contribution in [3.8, 4) is 5.75 Å². The zero-order valence-corrected chi connectivity index (χ0v) is 17.8. The largest absolute Gasteiger partial charge is 0.482 e. The van der Waals surface area contributed by atoms with E-state index in [1.54, 1.807) is 13.0 Å². The first-order chi connectivity index (χ1) is 14.3. The summed E-state index contributed by atoms with van der Waals surface area (Å²) in [4.78, 5) is 24.7. The topological polar surface area (TPSA) is 64.6 Å². The Bertz CT molecular complexity index is 1060. The third-order valence-electron chi connectivity index (χ3n) is 4.93. The maximum Gasteiger partial charge on any atom is 0.344 e. The number of esters is 1. The Morgan fingerprint density at radius 1 is 0.933 bits per heavy atom. The first-order valence-electron chi connectivity index (χ1n) is 10.1. The van der Waals surface area contributed by atoms with Gasteiger partial charge < -0.3 is 14.8 Å². The van der Waals surface area contributed by atoms with Crippen LogP contribution in [0.2, 0.25) is 0 Å². The quantitative estimate of drug-likeness (QED) is 0.547. The molecule has 0 aliphatic rings. The predicted octanol–water partition coefficient (Wildman–Crippen LogP) is 5.22. The molecule has 3 rings (SSSR count). The second-order valence-electron chi connectivity index (χ2n) is 7.61. The van der Waals surface area contributed by atoms with Gasteiger partial charge in [-0.05, 0) is 53.8 Å². The molecule has 0 bridgehead atoms. The van der Waals surface area contributed by atoms with Crippen molar-refractivity contribution in [2.75, 3.05) is 11.9 Å². The second-order valence-corrected chi connectivity index (χ2v) is 7.61. The van der Waals surface area contributed by atoms with Crippen molar-refractivity contribution in [3.63, 3.8) is 0 Å². The number of hydrogen-bond donors (Lipinski definition) is 1. The summed E-state index contributed by atoms with van der Waals surface area (Å²) >= 11 is 0. The lowest BCUT2D eigenvalue weighted by molar-refractivity contribution is -0.155. The maximum atomic E-state index is 12.6. The summed E-state index contributed by atoms with van der Waals surface area (Å²) in [5, 5.41) is 5.02. The summed E-state index contributed by atoms with van der Waals surface area (Å²) in [6, 6.07) is 19.4. The van der Waals surface area contributed by atoms with Crippen LogP contribution in [0.15, 0.2) is 60.7 Å². The van der Waals surface area contributed by atoms with Crippen LogP contribution in [0.5, 0.6) is 5.75 Å². The summed E-state index contributed by atoms with van der Waals surface area (Å²) in [5.41, 5.74) is 2.78. The minimum atomic E-state index is -0.933. The maximum absolute atomic E-state index is 12.6. The van der Waals surface area contributed by atoms with Crippen LogP contribution in [0.3, 0.4) is 0 Å². The van der Waals surface area contributed by atoms with E-state index in [1.165, 1.54) is 0 Å². The van der Waals surface area contributed by atoms with Gasteiger partial charge in [0.05, 0.1) is 0 Å². The summed E-state index contributed by atoms with van der Waals surface area (Å²) in [7, 11) is 0. The third-order valence-corrected chi connectivity index (χ3v) is 4.93. The molecular weight excluding hydrogens is 378 g/mol. The number of para-hydroxylation sites is 1. The fraction of sp³-hybridized carbons (Fsp3) is 0.280. The number of anilines is 1. The molecule has 3 aromatic carbocycles. The Balaban J connectivity index is 1.56. The van der Waals surface area contributed by atoms with Gasteiger partial charge >= 0.3 is 5.97 Å². The van der Waals surface area contributed by atoms with Gasteiger partial charge in [0, 0.05) is 5.69 Å². The van der Waals surface area contributed by atoms with Crippen molar-refractivity contribution in [1.29, 1.82) is 0 Å². The highest BCUT2D eigenvalue weighted by molar-refractivity contribution is 5.96. The SMILES string of the molecule is Cc1cccc(C(C)C)c1NC(=O)[C@@H](C)OC(=O)COc1ccc2ccccc2c1. The number of benzene rings is 3. The Hall–Kier alpha value is -3.34. The Kier molecular flexibility index (Phi) is 6.72. The van der Waals surface area contributed by atoms with Crippen molar-refractivity contribution in [3.05, 3.63) is 71.8 Å². The molecule has 5 nitrogen and oxygen atoms in total. The molecule has 1 atom stereocenters. The molecule has 30 heavy (non-hydrogen) atoms. The van der Waals surface area contributed by atoms with Crippen LogP contribution < -0.4 is 10.1 Å². The highest BCUT2D eigenvalue weighted by Gasteiger charge is 2.20. The van der Waals surface area contributed by atoms with Gasteiger partial charge in [0.2, 0.25) is 0 Å². The van der Waals surface area contributed by atoms with E-state index in [-0.39, 0.29) is 18.4 Å². The lowest BCUT2D eigenvalue weighted by Crippen LogP contribution is -2.32. The first kappa shape index (κ1) is 21.4. The summed E-state index contributed by atoms with van der Waals surface area (Å²) in [6.07, 6.45) is -0.933. The Morgan fingerprint density at radius 2 is 1.67 bits per heavy atom. The number of carbonyl (C=O) groups excluding carboxylic acids is 2. The van der Waals surface area contributed by atoms with Gasteiger partial charge in [-0.25, -0.2) is 4.79 Å². The van der Waals surface area contributed by atoms with Crippen molar-refractivity contribution in [2.45, 2.75) is 39.7 Å². The number of ether oxygens (including phenoxy) is 2. The lowest BCUT2D eigenvalue weighted by Gasteiger charge is -2.19. The van der Waals surface area contributed by atoms with Crippen molar-refractivity contribution < 1.29 is 19.1 Å². The molecule has 5 heteroatoms. The molecule has 0 fully saturated rings. The van der Waals surface area contributed by atoms with Crippen LogP contribution in [0, 0.1) is 6.92 Å². The van der Waals surface area contributed by atoms with E-state index in [0.717, 1.165) is 27.6 Å². The van der Waals surface area contributed by atoms with Gasteiger partial charge in [-0.3, -0.25) is 4.79 Å². The number of aryl methyl sites for hydroxylation is 1. The minimum absolute atomic E-state index is 0.258. The molecule has 0 spiro atoms. The van der Waals surface area contributed by atoms with Gasteiger partial charge in [-0.1, -0.05) is 62.4 Å². The van der Waals surface area contributed by atoms with E-state index in [0.29, 0.717) is 5.75 Å². The highest BCUT2D eigenvalue weighted by Crippen LogP contribution is 2.27. The van der Waals surface area contributed by atoms with E-state index in [1.807, 2.05) is 61.5 Å². The smallest absolute Gasteiger partial charge is 0.344 e. The summed E-state index contributed by atoms with van der Waals surface area (Å²) < 4.78 is 10.8. The van der Waals surface area contributed by atoms with E-state index in [2.05, 4.69) is 19.2 Å². The number of rotatable bonds is 7. The predicted molar refractivity (Wildman–Crippen MR) is 119 cm³/mol. The van der Waals surface area contributed by atoms with Crippen LogP contribution in [-0.2, 0) is 14.3 Å². The van der Waals surface area contributed by atoms with E-state index < -0.39 is 12.1 Å². The molecule has 0 saturated heterocycles. The summed E-state index contributed by atoms with van der Waals surface area (Å²) in [6.45, 7) is 7.36. The fourth-order valence-electron chi connectivity index (χ4n) is 3.25.